The molecule has 6 heteroatoms. The van der Waals surface area contributed by atoms with Gasteiger partial charge in [0, 0.05) is 5.39 Å². The van der Waals surface area contributed by atoms with Crippen LogP contribution < -0.4 is 0 Å². The first-order valence-electron chi connectivity index (χ1n) is 4.18. The molecular weight excluding hydrogens is 255 g/mol. The van der Waals surface area contributed by atoms with Gasteiger partial charge in [0.2, 0.25) is 0 Å². The van der Waals surface area contributed by atoms with Crippen LogP contribution >= 0.6 is 0 Å². The molecule has 0 aliphatic carbocycles. The van der Waals surface area contributed by atoms with E-state index in [4.69, 9.17) is 4.55 Å². The summed E-state index contributed by atoms with van der Waals surface area (Å²) >= 11 is 0. The molecule has 0 atom stereocenters. The van der Waals surface area contributed by atoms with Gasteiger partial charge in [-0.1, -0.05) is 30.3 Å². The van der Waals surface area contributed by atoms with Crippen LogP contribution in [0, 0.1) is 0 Å². The van der Waals surface area contributed by atoms with E-state index >= 15 is 0 Å². The van der Waals surface area contributed by atoms with E-state index < -0.39 is 20.8 Å². The van der Waals surface area contributed by atoms with Crippen LogP contribution in [0.25, 0.3) is 10.8 Å². The van der Waals surface area contributed by atoms with Crippen LogP contribution in [0.1, 0.15) is 0 Å². The molecule has 2 rings (SSSR count). The third kappa shape index (κ3) is 2.65. The van der Waals surface area contributed by atoms with Gasteiger partial charge in [0.15, 0.2) is 0 Å². The summed E-state index contributed by atoms with van der Waals surface area (Å²) in [5, 5.41) is 10.8. The minimum absolute atomic E-state index is 0. The minimum atomic E-state index is -4.37. The number of hydrogen-bond donors (Lipinski definition) is 2. The van der Waals surface area contributed by atoms with Gasteiger partial charge in [-0.3, -0.25) is 4.55 Å². The molecule has 2 aromatic rings. The maximum absolute atomic E-state index is 10.9. The molecule has 0 aromatic heterocycles. The van der Waals surface area contributed by atoms with Crippen molar-refractivity contribution in [3.8, 4) is 5.75 Å². The van der Waals surface area contributed by atoms with Gasteiger partial charge in [0.25, 0.3) is 10.1 Å². The zero-order chi connectivity index (χ0) is 11.1. The molecule has 0 amide bonds. The van der Waals surface area contributed by atoms with E-state index in [1.165, 1.54) is 12.1 Å². The Morgan fingerprint density at radius 2 is 1.62 bits per heavy atom. The topological polar surface area (TPSA) is 74.6 Å². The molecule has 4 nitrogen and oxygen atoms in total. The number of fused-ring (bicyclic) bond motifs is 1. The average molecular weight is 264 g/mol. The van der Waals surface area contributed by atoms with Crippen LogP contribution in [0.5, 0.6) is 5.75 Å². The van der Waals surface area contributed by atoms with E-state index in [0.717, 1.165) is 0 Å². The predicted octanol–water partition coefficient (Wildman–Crippen LogP) is 1.14. The van der Waals surface area contributed by atoms with Crippen molar-refractivity contribution in [3.05, 3.63) is 36.4 Å². The van der Waals surface area contributed by atoms with Gasteiger partial charge >= 0.3 is 51.4 Å². The Kier molecular flexibility index (Phi) is 4.53. The van der Waals surface area contributed by atoms with Gasteiger partial charge in [-0.25, -0.2) is 0 Å². The van der Waals surface area contributed by atoms with E-state index in [9.17, 15) is 13.5 Å². The van der Waals surface area contributed by atoms with Crippen molar-refractivity contribution in [2.24, 2.45) is 0 Å². The van der Waals surface area contributed by atoms with Crippen LogP contribution in [0.15, 0.2) is 41.3 Å². The van der Waals surface area contributed by atoms with Gasteiger partial charge < -0.3 is 5.11 Å². The maximum atomic E-state index is 10.9. The normalized spacial score (nSPS) is 11.1. The summed E-state index contributed by atoms with van der Waals surface area (Å²) in [5.41, 5.74) is 0. The van der Waals surface area contributed by atoms with Crippen molar-refractivity contribution in [3.63, 3.8) is 0 Å². The first-order chi connectivity index (χ1) is 7.00. The Morgan fingerprint density at radius 3 is 2.25 bits per heavy atom. The predicted molar refractivity (Wildman–Crippen MR) is 62.6 cm³/mol. The molecule has 0 saturated carbocycles. The summed E-state index contributed by atoms with van der Waals surface area (Å²) in [6.45, 7) is 0. The van der Waals surface area contributed by atoms with E-state index in [1.54, 1.807) is 24.3 Å². The standard InChI is InChI=1S/C10H8O4S.K.H/c11-10-8-4-2-1-3-7(8)5-6-9(10)15(12,13)14;;/h1-6,11H,(H,12,13,14);;. The Hall–Kier alpha value is 0.0464. The second-order valence-corrected chi connectivity index (χ2v) is 4.50. The third-order valence-electron chi connectivity index (χ3n) is 2.14. The zero-order valence-electron chi connectivity index (χ0n) is 7.58. The van der Waals surface area contributed by atoms with Crippen molar-refractivity contribution in [2.45, 2.75) is 4.90 Å². The quantitative estimate of drug-likeness (QED) is 0.598. The average Bonchev–Trinajstić information content (AvgIpc) is 2.16. The van der Waals surface area contributed by atoms with Crippen LogP contribution in [0.3, 0.4) is 0 Å². The summed E-state index contributed by atoms with van der Waals surface area (Å²) < 4.78 is 30.6. The summed E-state index contributed by atoms with van der Waals surface area (Å²) in [6, 6.07) is 9.47. The fraction of sp³-hybridized carbons (Fsp3) is 0. The Balaban J connectivity index is 0.00000128. The number of rotatable bonds is 1. The zero-order valence-corrected chi connectivity index (χ0v) is 8.40. The van der Waals surface area contributed by atoms with Crippen LogP contribution in [-0.4, -0.2) is 69.5 Å². The van der Waals surface area contributed by atoms with E-state index in [2.05, 4.69) is 0 Å². The molecular formula is C10H9KO4S. The fourth-order valence-corrected chi connectivity index (χ4v) is 2.04. The van der Waals surface area contributed by atoms with Crippen molar-refractivity contribution in [2.75, 3.05) is 0 Å². The molecule has 80 valence electrons. The van der Waals surface area contributed by atoms with Gasteiger partial charge in [-0.05, 0) is 11.5 Å². The second kappa shape index (κ2) is 5.13. The van der Waals surface area contributed by atoms with Gasteiger partial charge in [-0.2, -0.15) is 8.42 Å². The molecule has 0 aliphatic rings. The Morgan fingerprint density at radius 1 is 1.00 bits per heavy atom. The Labute approximate surface area is 135 Å². The number of hydrogen-bond acceptors (Lipinski definition) is 3. The second-order valence-electron chi connectivity index (χ2n) is 3.11. The molecule has 0 fully saturated rings. The van der Waals surface area contributed by atoms with E-state index in [1.807, 2.05) is 0 Å². The first-order valence-corrected chi connectivity index (χ1v) is 5.62. The summed E-state index contributed by atoms with van der Waals surface area (Å²) in [4.78, 5) is -0.471. The van der Waals surface area contributed by atoms with Crippen LogP contribution in [0.2, 0.25) is 0 Å². The molecule has 0 saturated heterocycles. The molecule has 0 bridgehead atoms. The number of aromatic hydroxyl groups is 1. The van der Waals surface area contributed by atoms with Crippen LogP contribution in [0.4, 0.5) is 0 Å². The molecule has 2 aromatic carbocycles. The molecule has 2 N–H and O–H groups in total. The van der Waals surface area contributed by atoms with Gasteiger partial charge in [0.05, 0.1) is 0 Å². The SMILES string of the molecule is O=S(=O)(O)c1ccc2ccccc2c1O.[KH]. The van der Waals surface area contributed by atoms with E-state index in [0.29, 0.717) is 10.8 Å². The molecule has 0 aliphatic heterocycles. The van der Waals surface area contributed by atoms with Crippen molar-refractivity contribution < 1.29 is 18.1 Å². The molecule has 0 spiro atoms. The molecule has 16 heavy (non-hydrogen) atoms. The fourth-order valence-electron chi connectivity index (χ4n) is 1.44. The third-order valence-corrected chi connectivity index (χ3v) is 3.03. The summed E-state index contributed by atoms with van der Waals surface area (Å²) in [6.07, 6.45) is 0. The summed E-state index contributed by atoms with van der Waals surface area (Å²) in [7, 11) is -4.37. The van der Waals surface area contributed by atoms with Crippen molar-refractivity contribution >= 4 is 72.3 Å². The van der Waals surface area contributed by atoms with Crippen molar-refractivity contribution in [1.29, 1.82) is 0 Å². The molecule has 0 heterocycles. The number of benzene rings is 2. The van der Waals surface area contributed by atoms with Gasteiger partial charge in [0.1, 0.15) is 10.6 Å². The number of phenolic OH excluding ortho intramolecular Hbond substituents is 1. The van der Waals surface area contributed by atoms with E-state index in [-0.39, 0.29) is 51.4 Å². The number of phenols is 1. The van der Waals surface area contributed by atoms with Crippen LogP contribution in [-0.2, 0) is 10.1 Å². The van der Waals surface area contributed by atoms with Crippen molar-refractivity contribution in [1.82, 2.24) is 0 Å². The Bertz CT molecular complexity index is 622. The van der Waals surface area contributed by atoms with Gasteiger partial charge in [-0.15, -0.1) is 0 Å². The monoisotopic (exact) mass is 264 g/mol. The molecule has 0 radical (unpaired) electrons. The molecule has 0 unspecified atom stereocenters. The first kappa shape index (κ1) is 14.1. The summed E-state index contributed by atoms with van der Waals surface area (Å²) in [5.74, 6) is -0.421.